The molecule has 0 radical (unpaired) electrons. The molecule has 0 bridgehead atoms. The summed E-state index contributed by atoms with van der Waals surface area (Å²) in [5.41, 5.74) is 0.624. The van der Waals surface area contributed by atoms with Crippen LogP contribution in [-0.2, 0) is 10.2 Å². The molecule has 4 heteroatoms. The average Bonchev–Trinajstić information content (AvgIpc) is 2.38. The second-order valence-corrected chi connectivity index (χ2v) is 5.07. The SMILES string of the molecule is CC(C=O)(c1cccc(Cl)c1)c1ccc(Cl)cn1. The number of rotatable bonds is 3. The van der Waals surface area contributed by atoms with Crippen LogP contribution in [0.15, 0.2) is 42.6 Å². The highest BCUT2D eigenvalue weighted by Crippen LogP contribution is 2.30. The van der Waals surface area contributed by atoms with Crippen molar-refractivity contribution in [3.63, 3.8) is 0 Å². The summed E-state index contributed by atoms with van der Waals surface area (Å²) in [6, 6.07) is 10.7. The first-order chi connectivity index (χ1) is 8.56. The highest BCUT2D eigenvalue weighted by atomic mass is 35.5. The lowest BCUT2D eigenvalue weighted by molar-refractivity contribution is -0.111. The normalized spacial score (nSPS) is 13.9. The molecule has 0 aliphatic rings. The summed E-state index contributed by atoms with van der Waals surface area (Å²) in [4.78, 5) is 15.7. The molecule has 0 fully saturated rings. The van der Waals surface area contributed by atoms with Crippen LogP contribution in [0.2, 0.25) is 10.0 Å². The first-order valence-electron chi connectivity index (χ1n) is 5.40. The van der Waals surface area contributed by atoms with Crippen molar-refractivity contribution < 1.29 is 4.79 Å². The number of carbonyl (C=O) groups is 1. The van der Waals surface area contributed by atoms with Crippen molar-refractivity contribution in [2.75, 3.05) is 0 Å². The fourth-order valence-corrected chi connectivity index (χ4v) is 2.07. The van der Waals surface area contributed by atoms with Crippen molar-refractivity contribution in [1.82, 2.24) is 4.98 Å². The van der Waals surface area contributed by atoms with Gasteiger partial charge in [-0.1, -0.05) is 35.3 Å². The Morgan fingerprint density at radius 3 is 2.50 bits per heavy atom. The van der Waals surface area contributed by atoms with Crippen LogP contribution in [0.25, 0.3) is 0 Å². The minimum Gasteiger partial charge on any atom is -0.302 e. The molecule has 1 aromatic heterocycles. The number of hydrogen-bond donors (Lipinski definition) is 0. The lowest BCUT2D eigenvalue weighted by Gasteiger charge is -2.23. The van der Waals surface area contributed by atoms with E-state index < -0.39 is 5.41 Å². The van der Waals surface area contributed by atoms with Crippen LogP contribution in [0.4, 0.5) is 0 Å². The van der Waals surface area contributed by atoms with Gasteiger partial charge in [0.1, 0.15) is 6.29 Å². The molecule has 1 heterocycles. The number of aldehydes is 1. The molecule has 0 N–H and O–H groups in total. The summed E-state index contributed by atoms with van der Waals surface area (Å²) in [5.74, 6) is 0. The Morgan fingerprint density at radius 1 is 1.17 bits per heavy atom. The Labute approximate surface area is 116 Å². The Balaban J connectivity index is 2.54. The number of hydrogen-bond acceptors (Lipinski definition) is 2. The van der Waals surface area contributed by atoms with E-state index in [2.05, 4.69) is 4.98 Å². The van der Waals surface area contributed by atoms with E-state index in [9.17, 15) is 4.79 Å². The van der Waals surface area contributed by atoms with Crippen LogP contribution in [0, 0.1) is 0 Å². The molecular formula is C14H11Cl2NO. The first kappa shape index (κ1) is 13.1. The van der Waals surface area contributed by atoms with E-state index in [0.717, 1.165) is 11.8 Å². The lowest BCUT2D eigenvalue weighted by Crippen LogP contribution is -2.26. The number of benzene rings is 1. The van der Waals surface area contributed by atoms with E-state index in [-0.39, 0.29) is 0 Å². The van der Waals surface area contributed by atoms with Crippen molar-refractivity contribution in [2.45, 2.75) is 12.3 Å². The third-order valence-electron chi connectivity index (χ3n) is 2.92. The molecule has 1 unspecified atom stereocenters. The third kappa shape index (κ3) is 2.40. The summed E-state index contributed by atoms with van der Waals surface area (Å²) in [7, 11) is 0. The van der Waals surface area contributed by atoms with Gasteiger partial charge in [0.15, 0.2) is 0 Å². The highest BCUT2D eigenvalue weighted by Gasteiger charge is 2.30. The second kappa shape index (κ2) is 5.09. The van der Waals surface area contributed by atoms with Crippen molar-refractivity contribution in [3.05, 3.63) is 63.9 Å². The standard InChI is InChI=1S/C14H11Cl2NO/c1-14(9-18,10-3-2-4-11(15)7-10)13-6-5-12(16)8-17-13/h2-9H,1H3. The summed E-state index contributed by atoms with van der Waals surface area (Å²) >= 11 is 11.8. The van der Waals surface area contributed by atoms with Gasteiger partial charge in [-0.15, -0.1) is 0 Å². The van der Waals surface area contributed by atoms with Crippen molar-refractivity contribution in [2.24, 2.45) is 0 Å². The third-order valence-corrected chi connectivity index (χ3v) is 3.38. The van der Waals surface area contributed by atoms with Crippen LogP contribution in [-0.4, -0.2) is 11.3 Å². The zero-order valence-corrected chi connectivity index (χ0v) is 11.2. The molecule has 0 spiro atoms. The van der Waals surface area contributed by atoms with Crippen LogP contribution in [0.5, 0.6) is 0 Å². The van der Waals surface area contributed by atoms with E-state index in [1.165, 1.54) is 6.20 Å². The zero-order chi connectivity index (χ0) is 13.2. The lowest BCUT2D eigenvalue weighted by atomic mass is 9.80. The number of carbonyl (C=O) groups excluding carboxylic acids is 1. The van der Waals surface area contributed by atoms with E-state index in [0.29, 0.717) is 15.7 Å². The van der Waals surface area contributed by atoms with Gasteiger partial charge < -0.3 is 4.79 Å². The van der Waals surface area contributed by atoms with Crippen LogP contribution in [0.3, 0.4) is 0 Å². The van der Waals surface area contributed by atoms with Crippen LogP contribution in [0.1, 0.15) is 18.2 Å². The molecular weight excluding hydrogens is 269 g/mol. The quantitative estimate of drug-likeness (QED) is 0.798. The van der Waals surface area contributed by atoms with E-state index in [1.54, 1.807) is 24.3 Å². The van der Waals surface area contributed by atoms with E-state index in [1.807, 2.05) is 19.1 Å². The molecule has 0 aliphatic heterocycles. The molecule has 0 amide bonds. The topological polar surface area (TPSA) is 30.0 Å². The average molecular weight is 280 g/mol. The maximum Gasteiger partial charge on any atom is 0.136 e. The summed E-state index contributed by atoms with van der Waals surface area (Å²) in [6.07, 6.45) is 2.40. The van der Waals surface area contributed by atoms with Gasteiger partial charge >= 0.3 is 0 Å². The monoisotopic (exact) mass is 279 g/mol. The summed E-state index contributed by atoms with van der Waals surface area (Å²) in [6.45, 7) is 1.81. The highest BCUT2D eigenvalue weighted by molar-refractivity contribution is 6.30. The maximum atomic E-state index is 11.5. The molecule has 2 nitrogen and oxygen atoms in total. The van der Waals surface area contributed by atoms with Crippen molar-refractivity contribution in [3.8, 4) is 0 Å². The Bertz CT molecular complexity index is 568. The van der Waals surface area contributed by atoms with Gasteiger partial charge in [-0.3, -0.25) is 4.98 Å². The van der Waals surface area contributed by atoms with Gasteiger partial charge in [-0.25, -0.2) is 0 Å². The number of nitrogens with zero attached hydrogens (tertiary/aromatic N) is 1. The molecule has 18 heavy (non-hydrogen) atoms. The van der Waals surface area contributed by atoms with Gasteiger partial charge in [0, 0.05) is 11.2 Å². The number of pyridine rings is 1. The predicted molar refractivity (Wildman–Crippen MR) is 73.2 cm³/mol. The van der Waals surface area contributed by atoms with Crippen molar-refractivity contribution >= 4 is 29.5 Å². The zero-order valence-electron chi connectivity index (χ0n) is 9.73. The predicted octanol–water partition coefficient (Wildman–Crippen LogP) is 3.89. The Morgan fingerprint density at radius 2 is 1.94 bits per heavy atom. The molecule has 2 rings (SSSR count). The van der Waals surface area contributed by atoms with Gasteiger partial charge in [0.2, 0.25) is 0 Å². The van der Waals surface area contributed by atoms with Crippen LogP contribution < -0.4 is 0 Å². The molecule has 92 valence electrons. The second-order valence-electron chi connectivity index (χ2n) is 4.19. The van der Waals surface area contributed by atoms with Gasteiger partial charge in [0.05, 0.1) is 16.1 Å². The molecule has 0 saturated heterocycles. The largest absolute Gasteiger partial charge is 0.302 e. The fourth-order valence-electron chi connectivity index (χ4n) is 1.77. The minimum absolute atomic E-state index is 0.540. The van der Waals surface area contributed by atoms with Gasteiger partial charge in [0.25, 0.3) is 0 Å². The van der Waals surface area contributed by atoms with Crippen molar-refractivity contribution in [1.29, 1.82) is 0 Å². The maximum absolute atomic E-state index is 11.5. The van der Waals surface area contributed by atoms with E-state index in [4.69, 9.17) is 23.2 Å². The first-order valence-corrected chi connectivity index (χ1v) is 6.16. The molecule has 0 saturated carbocycles. The van der Waals surface area contributed by atoms with Gasteiger partial charge in [-0.05, 0) is 36.8 Å². The number of aromatic nitrogens is 1. The molecule has 1 atom stereocenters. The fraction of sp³-hybridized carbons (Fsp3) is 0.143. The summed E-state index contributed by atoms with van der Waals surface area (Å²) in [5, 5.41) is 1.13. The summed E-state index contributed by atoms with van der Waals surface area (Å²) < 4.78 is 0. The molecule has 0 aliphatic carbocycles. The smallest absolute Gasteiger partial charge is 0.136 e. The Kier molecular flexibility index (Phi) is 3.69. The van der Waals surface area contributed by atoms with Gasteiger partial charge in [-0.2, -0.15) is 0 Å². The van der Waals surface area contributed by atoms with Crippen LogP contribution >= 0.6 is 23.2 Å². The molecule has 2 aromatic rings. The minimum atomic E-state index is -0.824. The molecule has 1 aromatic carbocycles. The Hall–Kier alpha value is -1.38. The number of halogens is 2. The van der Waals surface area contributed by atoms with E-state index >= 15 is 0 Å².